The summed E-state index contributed by atoms with van der Waals surface area (Å²) in [6.45, 7) is 4.84. The fraction of sp³-hybridized carbons (Fsp3) is 0.583. The molecule has 1 saturated heterocycles. The van der Waals surface area contributed by atoms with Gasteiger partial charge in [0.25, 0.3) is 0 Å². The van der Waals surface area contributed by atoms with E-state index in [0.29, 0.717) is 30.1 Å². The molecule has 10 heteroatoms. The van der Waals surface area contributed by atoms with Crippen LogP contribution >= 0.6 is 11.3 Å². The second kappa shape index (κ2) is 11.1. The third kappa shape index (κ3) is 6.29. The van der Waals surface area contributed by atoms with Gasteiger partial charge >= 0.3 is 12.6 Å². The average molecular weight is 499 g/mol. The quantitative estimate of drug-likeness (QED) is 0.519. The molecule has 1 aliphatic heterocycles. The summed E-state index contributed by atoms with van der Waals surface area (Å²) in [4.78, 5) is 20.3. The number of rotatable bonds is 9. The van der Waals surface area contributed by atoms with Crippen molar-refractivity contribution >= 4 is 17.3 Å². The number of alkyl halides is 2. The molecule has 188 valence electrons. The SMILES string of the molecule is COC(=O)[C@]1(OCCO)C[C@@H](C(C)(C)C)CN(Cc2cnc(-c3ccccc3OC(F)F)s2)C1. The number of hydrogen-bond donors (Lipinski definition) is 1. The predicted octanol–water partition coefficient (Wildman–Crippen LogP) is 4.20. The Kier molecular flexibility index (Phi) is 8.62. The lowest BCUT2D eigenvalue weighted by Gasteiger charge is -2.47. The van der Waals surface area contributed by atoms with Crippen molar-refractivity contribution in [3.05, 3.63) is 35.3 Å². The van der Waals surface area contributed by atoms with Gasteiger partial charge in [0, 0.05) is 30.7 Å². The topological polar surface area (TPSA) is 81.1 Å². The zero-order valence-corrected chi connectivity index (χ0v) is 20.7. The summed E-state index contributed by atoms with van der Waals surface area (Å²) in [5.74, 6) is -0.249. The molecule has 2 heterocycles. The van der Waals surface area contributed by atoms with Gasteiger partial charge in [-0.25, -0.2) is 9.78 Å². The van der Waals surface area contributed by atoms with E-state index in [4.69, 9.17) is 9.47 Å². The Labute approximate surface area is 202 Å². The normalized spacial score (nSPS) is 21.6. The number of thiazole rings is 1. The minimum Gasteiger partial charge on any atom is -0.467 e. The summed E-state index contributed by atoms with van der Waals surface area (Å²) in [5, 5.41) is 9.90. The number of benzene rings is 1. The van der Waals surface area contributed by atoms with Crippen LogP contribution in [0.5, 0.6) is 5.75 Å². The van der Waals surface area contributed by atoms with Crippen molar-refractivity contribution in [2.75, 3.05) is 33.4 Å². The van der Waals surface area contributed by atoms with Crippen LogP contribution < -0.4 is 4.74 Å². The number of aliphatic hydroxyl groups excluding tert-OH is 1. The van der Waals surface area contributed by atoms with Crippen LogP contribution in [-0.2, 0) is 20.8 Å². The van der Waals surface area contributed by atoms with Gasteiger partial charge in [-0.3, -0.25) is 4.90 Å². The molecule has 1 aromatic carbocycles. The number of nitrogens with zero attached hydrogens (tertiary/aromatic N) is 2. The Morgan fingerprint density at radius 1 is 1.35 bits per heavy atom. The predicted molar refractivity (Wildman–Crippen MR) is 125 cm³/mol. The van der Waals surface area contributed by atoms with E-state index in [2.05, 4.69) is 35.4 Å². The summed E-state index contributed by atoms with van der Waals surface area (Å²) in [7, 11) is 1.34. The minimum atomic E-state index is -2.92. The standard InChI is InChI=1S/C24H32F2N2O5S/c1-23(2,3)16-11-24(21(30)31-4,32-10-9-29)15-28(13-16)14-17-12-27-20(34-17)18-7-5-6-8-19(18)33-22(25)26/h5-8,12,16,22,29H,9-11,13-15H2,1-4H3/t16-,24+/m1/s1. The molecule has 1 N–H and O–H groups in total. The van der Waals surface area contributed by atoms with Crippen molar-refractivity contribution in [2.24, 2.45) is 11.3 Å². The fourth-order valence-corrected chi connectivity index (χ4v) is 5.26. The molecule has 0 bridgehead atoms. The molecule has 3 rings (SSSR count). The highest BCUT2D eigenvalue weighted by Crippen LogP contribution is 2.41. The molecule has 1 fully saturated rings. The summed E-state index contributed by atoms with van der Waals surface area (Å²) in [6.07, 6.45) is 2.21. The molecule has 2 aromatic rings. The van der Waals surface area contributed by atoms with Crippen LogP contribution in [0.25, 0.3) is 10.6 Å². The van der Waals surface area contributed by atoms with E-state index in [1.165, 1.54) is 24.5 Å². The number of carbonyl (C=O) groups excluding carboxylic acids is 1. The maximum Gasteiger partial charge on any atom is 0.387 e. The molecule has 0 amide bonds. The number of ether oxygens (including phenoxy) is 3. The van der Waals surface area contributed by atoms with Crippen LogP contribution in [0.4, 0.5) is 8.78 Å². The van der Waals surface area contributed by atoms with Gasteiger partial charge in [-0.1, -0.05) is 32.9 Å². The van der Waals surface area contributed by atoms with Gasteiger partial charge < -0.3 is 19.3 Å². The molecule has 0 radical (unpaired) electrons. The highest BCUT2D eigenvalue weighted by Gasteiger charge is 2.50. The molecule has 0 unspecified atom stereocenters. The molecule has 1 aliphatic rings. The van der Waals surface area contributed by atoms with Crippen LogP contribution in [0.1, 0.15) is 32.1 Å². The summed E-state index contributed by atoms with van der Waals surface area (Å²) < 4.78 is 41.3. The van der Waals surface area contributed by atoms with Crippen LogP contribution in [0, 0.1) is 11.3 Å². The van der Waals surface area contributed by atoms with Crippen molar-refractivity contribution in [1.29, 1.82) is 0 Å². The number of likely N-dealkylation sites (tertiary alicyclic amines) is 1. The number of carbonyl (C=O) groups is 1. The van der Waals surface area contributed by atoms with Crippen LogP contribution in [-0.4, -0.2) is 66.6 Å². The van der Waals surface area contributed by atoms with E-state index in [1.54, 1.807) is 24.4 Å². The summed E-state index contributed by atoms with van der Waals surface area (Å²) in [5.41, 5.74) is -0.774. The lowest BCUT2D eigenvalue weighted by atomic mass is 9.71. The first kappa shape index (κ1) is 26.5. The van der Waals surface area contributed by atoms with Crippen LogP contribution in [0.3, 0.4) is 0 Å². The van der Waals surface area contributed by atoms with Gasteiger partial charge in [0.2, 0.25) is 0 Å². The van der Waals surface area contributed by atoms with Crippen molar-refractivity contribution in [2.45, 2.75) is 45.9 Å². The van der Waals surface area contributed by atoms with Gasteiger partial charge in [0.15, 0.2) is 5.60 Å². The van der Waals surface area contributed by atoms with E-state index < -0.39 is 18.2 Å². The minimum absolute atomic E-state index is 0.0332. The lowest BCUT2D eigenvalue weighted by Crippen LogP contribution is -2.59. The molecule has 1 aromatic heterocycles. The number of piperidine rings is 1. The van der Waals surface area contributed by atoms with Crippen LogP contribution in [0.15, 0.2) is 30.5 Å². The van der Waals surface area contributed by atoms with Crippen molar-refractivity contribution in [1.82, 2.24) is 9.88 Å². The van der Waals surface area contributed by atoms with E-state index in [0.717, 1.165) is 11.4 Å². The molecule has 0 aliphatic carbocycles. The van der Waals surface area contributed by atoms with E-state index >= 15 is 0 Å². The van der Waals surface area contributed by atoms with Gasteiger partial charge in [0.05, 0.1) is 25.9 Å². The van der Waals surface area contributed by atoms with Crippen molar-refractivity contribution in [3.63, 3.8) is 0 Å². The Bertz CT molecular complexity index is 965. The maximum absolute atomic E-state index is 12.8. The zero-order chi connectivity index (χ0) is 24.9. The molecule has 0 spiro atoms. The molecular weight excluding hydrogens is 466 g/mol. The fourth-order valence-electron chi connectivity index (χ4n) is 4.27. The molecule has 2 atom stereocenters. The van der Waals surface area contributed by atoms with E-state index in [1.807, 2.05) is 0 Å². The first-order chi connectivity index (χ1) is 16.1. The molecule has 7 nitrogen and oxygen atoms in total. The maximum atomic E-state index is 12.8. The third-order valence-corrected chi connectivity index (χ3v) is 7.07. The van der Waals surface area contributed by atoms with Gasteiger partial charge in [0.1, 0.15) is 10.8 Å². The average Bonchev–Trinajstić information content (AvgIpc) is 3.24. The van der Waals surface area contributed by atoms with E-state index in [9.17, 15) is 18.7 Å². The highest BCUT2D eigenvalue weighted by molar-refractivity contribution is 7.15. The molecule has 0 saturated carbocycles. The number of esters is 1. The van der Waals surface area contributed by atoms with Crippen molar-refractivity contribution < 1.29 is 32.9 Å². The Morgan fingerprint density at radius 2 is 2.09 bits per heavy atom. The zero-order valence-electron chi connectivity index (χ0n) is 19.9. The number of para-hydroxylation sites is 1. The number of halogens is 2. The Balaban J connectivity index is 1.86. The third-order valence-electron chi connectivity index (χ3n) is 6.05. The monoisotopic (exact) mass is 498 g/mol. The molecule has 34 heavy (non-hydrogen) atoms. The number of hydrogen-bond acceptors (Lipinski definition) is 8. The number of aliphatic hydroxyl groups is 1. The second-order valence-corrected chi connectivity index (χ2v) is 10.6. The lowest BCUT2D eigenvalue weighted by molar-refractivity contribution is -0.186. The molecular formula is C24H32F2N2O5S. The smallest absolute Gasteiger partial charge is 0.387 e. The Hall–Kier alpha value is -2.14. The van der Waals surface area contributed by atoms with Gasteiger partial charge in [-0.15, -0.1) is 11.3 Å². The van der Waals surface area contributed by atoms with Crippen molar-refractivity contribution in [3.8, 4) is 16.3 Å². The summed E-state index contributed by atoms with van der Waals surface area (Å²) >= 11 is 1.39. The Morgan fingerprint density at radius 3 is 2.74 bits per heavy atom. The largest absolute Gasteiger partial charge is 0.467 e. The number of aromatic nitrogens is 1. The second-order valence-electron chi connectivity index (χ2n) is 9.50. The number of methoxy groups -OCH3 is 1. The van der Waals surface area contributed by atoms with Gasteiger partial charge in [-0.2, -0.15) is 8.78 Å². The highest BCUT2D eigenvalue weighted by atomic mass is 32.1. The first-order valence-corrected chi connectivity index (χ1v) is 11.9. The van der Waals surface area contributed by atoms with Gasteiger partial charge in [-0.05, 0) is 29.9 Å². The van der Waals surface area contributed by atoms with E-state index in [-0.39, 0.29) is 30.3 Å². The summed E-state index contributed by atoms with van der Waals surface area (Å²) in [6, 6.07) is 6.57. The van der Waals surface area contributed by atoms with Crippen LogP contribution in [0.2, 0.25) is 0 Å². The first-order valence-electron chi connectivity index (χ1n) is 11.1.